The topological polar surface area (TPSA) is 61.4 Å². The summed E-state index contributed by atoms with van der Waals surface area (Å²) < 4.78 is 0. The summed E-state index contributed by atoms with van der Waals surface area (Å²) in [5.74, 6) is 1.04. The minimum absolute atomic E-state index is 0.0317. The molecule has 0 saturated heterocycles. The molecule has 1 aromatic heterocycles. The fraction of sp³-hybridized carbons (Fsp3) is 0.714. The van der Waals surface area contributed by atoms with Crippen molar-refractivity contribution in [2.75, 3.05) is 27.2 Å². The van der Waals surface area contributed by atoms with Gasteiger partial charge in [0.25, 0.3) is 0 Å². The van der Waals surface area contributed by atoms with Crippen LogP contribution in [0.15, 0.2) is 17.5 Å². The van der Waals surface area contributed by atoms with Crippen LogP contribution >= 0.6 is 22.9 Å². The van der Waals surface area contributed by atoms with Crippen LogP contribution in [0.5, 0.6) is 0 Å². The van der Waals surface area contributed by atoms with Crippen molar-refractivity contribution in [2.24, 2.45) is 17.3 Å². The van der Waals surface area contributed by atoms with Gasteiger partial charge in [-0.25, -0.2) is 0 Å². The summed E-state index contributed by atoms with van der Waals surface area (Å²) >= 11 is 8.51. The highest BCUT2D eigenvalue weighted by Crippen LogP contribution is 2.63. The fourth-order valence-corrected chi connectivity index (χ4v) is 7.67. The Morgan fingerprint density at radius 1 is 1.25 bits per heavy atom. The molecule has 7 heteroatoms. The number of carbonyl (C=O) groups is 2. The number of rotatable bonds is 7. The Hall–Kier alpha value is -1.11. The molecule has 5 rings (SSSR count). The van der Waals surface area contributed by atoms with Gasteiger partial charge in [0.1, 0.15) is 0 Å². The first-order valence-electron chi connectivity index (χ1n) is 10.2. The van der Waals surface area contributed by atoms with Crippen molar-refractivity contribution >= 4 is 34.8 Å². The Morgan fingerprint density at radius 3 is 2.54 bits per heavy atom. The molecule has 5 nitrogen and oxygen atoms in total. The third kappa shape index (κ3) is 3.96. The number of alkyl halides is 1. The van der Waals surface area contributed by atoms with Gasteiger partial charge in [0, 0.05) is 16.3 Å². The zero-order valence-electron chi connectivity index (χ0n) is 16.7. The number of likely N-dealkylation sites (N-methyl/N-ethyl adjacent to an activating group) is 1. The largest absolute Gasteiger partial charge is 0.353 e. The van der Waals surface area contributed by atoms with Crippen LogP contribution in [0.2, 0.25) is 0 Å². The summed E-state index contributed by atoms with van der Waals surface area (Å²) in [6.07, 6.45) is 5.96. The van der Waals surface area contributed by atoms with Gasteiger partial charge in [-0.05, 0) is 75.9 Å². The number of nitrogens with one attached hydrogen (secondary N) is 2. The highest BCUT2D eigenvalue weighted by atomic mass is 35.5. The van der Waals surface area contributed by atoms with E-state index in [4.69, 9.17) is 11.6 Å². The van der Waals surface area contributed by atoms with Crippen LogP contribution in [-0.4, -0.2) is 48.8 Å². The number of hydrogen-bond donors (Lipinski definition) is 2. The first-order chi connectivity index (χ1) is 13.3. The lowest BCUT2D eigenvalue weighted by Gasteiger charge is -2.59. The highest BCUT2D eigenvalue weighted by Gasteiger charge is 2.60. The number of carbonyl (C=O) groups excluding carboxylic acids is 2. The maximum absolute atomic E-state index is 13.0. The second kappa shape index (κ2) is 7.62. The van der Waals surface area contributed by atoms with Gasteiger partial charge in [0.2, 0.25) is 11.8 Å². The lowest BCUT2D eigenvalue weighted by atomic mass is 9.49. The van der Waals surface area contributed by atoms with Crippen molar-refractivity contribution in [1.82, 2.24) is 15.5 Å². The van der Waals surface area contributed by atoms with E-state index >= 15 is 0 Å². The minimum atomic E-state index is -0.352. The molecule has 4 saturated carbocycles. The SMILES string of the molecule is CN(C)[C@@H](CNC(=O)CNC(=O)C12C[C@H]3C[C@@H](CC(Cl)(C3)C1)C2)c1cccs1. The summed E-state index contributed by atoms with van der Waals surface area (Å²) in [6.45, 7) is 0.568. The molecular formula is C21H30ClN3O2S. The molecule has 0 aliphatic heterocycles. The average molecular weight is 424 g/mol. The van der Waals surface area contributed by atoms with Crippen molar-refractivity contribution < 1.29 is 9.59 Å². The average Bonchev–Trinajstić information content (AvgIpc) is 3.11. The second-order valence-electron chi connectivity index (χ2n) is 9.37. The minimum Gasteiger partial charge on any atom is -0.353 e. The van der Waals surface area contributed by atoms with Crippen LogP contribution in [-0.2, 0) is 9.59 Å². The number of amides is 2. The van der Waals surface area contributed by atoms with E-state index in [1.807, 2.05) is 25.5 Å². The summed E-state index contributed by atoms with van der Waals surface area (Å²) in [6, 6.07) is 4.24. The maximum atomic E-state index is 13.0. The van der Waals surface area contributed by atoms with Crippen LogP contribution < -0.4 is 10.6 Å². The van der Waals surface area contributed by atoms with Crippen LogP contribution in [0, 0.1) is 17.3 Å². The number of nitrogens with zero attached hydrogens (tertiary/aromatic N) is 1. The molecule has 154 valence electrons. The zero-order valence-corrected chi connectivity index (χ0v) is 18.2. The molecule has 1 aromatic rings. The smallest absolute Gasteiger partial charge is 0.239 e. The molecule has 4 bridgehead atoms. The first-order valence-corrected chi connectivity index (χ1v) is 11.5. The predicted molar refractivity (Wildman–Crippen MR) is 112 cm³/mol. The summed E-state index contributed by atoms with van der Waals surface area (Å²) in [5, 5.41) is 7.94. The molecule has 0 radical (unpaired) electrons. The maximum Gasteiger partial charge on any atom is 0.239 e. The monoisotopic (exact) mass is 423 g/mol. The predicted octanol–water partition coefficient (Wildman–Crippen LogP) is 3.16. The van der Waals surface area contributed by atoms with E-state index in [-0.39, 0.29) is 34.7 Å². The zero-order chi connectivity index (χ0) is 19.9. The van der Waals surface area contributed by atoms with Crippen LogP contribution in [0.3, 0.4) is 0 Å². The van der Waals surface area contributed by atoms with Gasteiger partial charge in [0.05, 0.1) is 18.0 Å². The third-order valence-corrected chi connectivity index (χ3v) is 8.28. The molecule has 0 unspecified atom stereocenters. The lowest BCUT2D eigenvalue weighted by molar-refractivity contribution is -0.145. The summed E-state index contributed by atoms with van der Waals surface area (Å²) in [4.78, 5) is 28.5. The van der Waals surface area contributed by atoms with Crippen LogP contribution in [0.1, 0.15) is 49.4 Å². The van der Waals surface area contributed by atoms with Crippen molar-refractivity contribution in [3.63, 3.8) is 0 Å². The molecule has 3 atom stereocenters. The molecule has 4 fully saturated rings. The number of hydrogen-bond acceptors (Lipinski definition) is 4. The van der Waals surface area contributed by atoms with Gasteiger partial charge in [-0.2, -0.15) is 0 Å². The van der Waals surface area contributed by atoms with Gasteiger partial charge in [-0.1, -0.05) is 6.07 Å². The Kier molecular flexibility index (Phi) is 5.49. The van der Waals surface area contributed by atoms with E-state index in [0.717, 1.165) is 32.1 Å². The van der Waals surface area contributed by atoms with Gasteiger partial charge in [-0.15, -0.1) is 22.9 Å². The molecule has 0 spiro atoms. The van der Waals surface area contributed by atoms with E-state index in [2.05, 4.69) is 21.6 Å². The normalized spacial score (nSPS) is 34.4. The van der Waals surface area contributed by atoms with E-state index in [1.165, 1.54) is 11.3 Å². The van der Waals surface area contributed by atoms with E-state index in [0.29, 0.717) is 18.4 Å². The van der Waals surface area contributed by atoms with Gasteiger partial charge in [0.15, 0.2) is 0 Å². The molecule has 0 aromatic carbocycles. The molecule has 2 N–H and O–H groups in total. The quantitative estimate of drug-likeness (QED) is 0.662. The Balaban J connectivity index is 1.30. The van der Waals surface area contributed by atoms with E-state index in [9.17, 15) is 9.59 Å². The standard InChI is InChI=1S/C21H30ClN3O2S/c1-25(2)16(17-4-3-5-28-17)11-23-18(26)12-24-19(27)20-7-14-6-15(8-20)10-21(22,9-14)13-20/h3-5,14-16H,6-13H2,1-2H3,(H,23,26)(H,24,27)/t14-,15-,16+,20?,21?/m1/s1. The lowest BCUT2D eigenvalue weighted by Crippen LogP contribution is -2.59. The molecule has 1 heterocycles. The highest BCUT2D eigenvalue weighted by molar-refractivity contribution is 7.10. The Labute approximate surface area is 176 Å². The molecule has 4 aliphatic rings. The Morgan fingerprint density at radius 2 is 1.96 bits per heavy atom. The Bertz CT molecular complexity index is 722. The fourth-order valence-electron chi connectivity index (χ4n) is 6.06. The second-order valence-corrected chi connectivity index (χ2v) is 11.2. The van der Waals surface area contributed by atoms with Gasteiger partial charge >= 0.3 is 0 Å². The number of halogens is 1. The van der Waals surface area contributed by atoms with E-state index < -0.39 is 0 Å². The molecular weight excluding hydrogens is 394 g/mol. The van der Waals surface area contributed by atoms with Crippen molar-refractivity contribution in [3.05, 3.63) is 22.4 Å². The van der Waals surface area contributed by atoms with E-state index in [1.54, 1.807) is 11.3 Å². The summed E-state index contributed by atoms with van der Waals surface area (Å²) in [7, 11) is 4.01. The molecule has 28 heavy (non-hydrogen) atoms. The molecule has 4 aliphatic carbocycles. The van der Waals surface area contributed by atoms with Crippen molar-refractivity contribution in [3.8, 4) is 0 Å². The molecule has 2 amide bonds. The van der Waals surface area contributed by atoms with Crippen molar-refractivity contribution in [2.45, 2.75) is 49.4 Å². The third-order valence-electron chi connectivity index (χ3n) is 6.87. The van der Waals surface area contributed by atoms with Gasteiger partial charge in [-0.3, -0.25) is 9.59 Å². The van der Waals surface area contributed by atoms with Crippen LogP contribution in [0.4, 0.5) is 0 Å². The summed E-state index contributed by atoms with van der Waals surface area (Å²) in [5.41, 5.74) is -0.352. The van der Waals surface area contributed by atoms with Crippen molar-refractivity contribution in [1.29, 1.82) is 0 Å². The van der Waals surface area contributed by atoms with Gasteiger partial charge < -0.3 is 15.5 Å². The first kappa shape index (κ1) is 20.2. The number of thiophene rings is 1. The van der Waals surface area contributed by atoms with Crippen LogP contribution in [0.25, 0.3) is 0 Å².